The van der Waals surface area contributed by atoms with Gasteiger partial charge in [-0.25, -0.2) is 4.79 Å². The van der Waals surface area contributed by atoms with Crippen LogP contribution in [0.3, 0.4) is 0 Å². The molecule has 0 fully saturated rings. The van der Waals surface area contributed by atoms with Gasteiger partial charge in [0.05, 0.1) is 11.1 Å². The molecule has 6 heteroatoms. The zero-order chi connectivity index (χ0) is 17.5. The summed E-state index contributed by atoms with van der Waals surface area (Å²) < 4.78 is 9.96. The van der Waals surface area contributed by atoms with Crippen molar-refractivity contribution in [2.75, 3.05) is 11.9 Å². The van der Waals surface area contributed by atoms with Gasteiger partial charge in [-0.05, 0) is 43.3 Å². The van der Waals surface area contributed by atoms with E-state index in [1.807, 2.05) is 6.92 Å². The number of carbonyl (C=O) groups excluding carboxylic acids is 2. The Bertz CT molecular complexity index is 794. The van der Waals surface area contributed by atoms with Crippen LogP contribution in [0.5, 0.6) is 5.75 Å². The van der Waals surface area contributed by atoms with Gasteiger partial charge in [-0.15, -0.1) is 6.42 Å². The smallest absolute Gasteiger partial charge is 0.348 e. The second-order valence-electron chi connectivity index (χ2n) is 4.88. The summed E-state index contributed by atoms with van der Waals surface area (Å²) in [6.07, 6.45) is 5.13. The minimum Gasteiger partial charge on any atom is -0.481 e. The highest BCUT2D eigenvalue weighted by atomic mass is 127. The van der Waals surface area contributed by atoms with Crippen molar-refractivity contribution >= 4 is 40.6 Å². The van der Waals surface area contributed by atoms with Gasteiger partial charge < -0.3 is 13.1 Å². The summed E-state index contributed by atoms with van der Waals surface area (Å²) in [4.78, 5) is 24.3. The largest absolute Gasteiger partial charge is 0.481 e. The fourth-order valence-electron chi connectivity index (χ4n) is 2.02. The molecule has 0 saturated carbocycles. The molecule has 5 nitrogen and oxygen atoms in total. The van der Waals surface area contributed by atoms with Gasteiger partial charge >= 0.3 is 5.97 Å². The molecule has 1 N–H and O–H groups in total. The van der Waals surface area contributed by atoms with E-state index < -0.39 is 11.9 Å². The van der Waals surface area contributed by atoms with E-state index in [-0.39, 0.29) is 17.7 Å². The van der Waals surface area contributed by atoms with Crippen LogP contribution < -0.4 is 10.1 Å². The molecule has 0 unspecified atom stereocenters. The van der Waals surface area contributed by atoms with Crippen LogP contribution in [0.15, 0.2) is 42.5 Å². The monoisotopic (exact) mass is 435 g/mol. The molecule has 0 aliphatic heterocycles. The average Bonchev–Trinajstić information content (AvgIpc) is 2.60. The minimum atomic E-state index is -0.571. The first-order chi connectivity index (χ1) is 11.5. The molecule has 2 rings (SSSR count). The van der Waals surface area contributed by atoms with Crippen LogP contribution in [-0.2, 0) is 3.07 Å². The van der Waals surface area contributed by atoms with Crippen molar-refractivity contribution in [3.05, 3.63) is 59.2 Å². The number of rotatable bonds is 5. The van der Waals surface area contributed by atoms with Crippen molar-refractivity contribution in [3.63, 3.8) is 0 Å². The highest BCUT2D eigenvalue weighted by Crippen LogP contribution is 2.19. The number of halogens is 1. The van der Waals surface area contributed by atoms with Crippen LogP contribution in [-0.4, -0.2) is 18.5 Å². The van der Waals surface area contributed by atoms with E-state index in [9.17, 15) is 9.59 Å². The van der Waals surface area contributed by atoms with Crippen molar-refractivity contribution in [2.24, 2.45) is 0 Å². The van der Waals surface area contributed by atoms with E-state index in [0.717, 1.165) is 5.56 Å². The van der Waals surface area contributed by atoms with Gasteiger partial charge in [0.25, 0.3) is 5.91 Å². The highest BCUT2D eigenvalue weighted by molar-refractivity contribution is 14.1. The Labute approximate surface area is 154 Å². The molecule has 2 aromatic rings. The number of anilines is 1. The Hall–Kier alpha value is -2.53. The lowest BCUT2D eigenvalue weighted by Crippen LogP contribution is -2.17. The van der Waals surface area contributed by atoms with Gasteiger partial charge in [-0.3, -0.25) is 4.79 Å². The topological polar surface area (TPSA) is 64.6 Å². The normalized spacial score (nSPS) is 9.71. The van der Waals surface area contributed by atoms with Crippen molar-refractivity contribution in [1.82, 2.24) is 0 Å². The lowest BCUT2D eigenvalue weighted by atomic mass is 10.0. The SMILES string of the molecule is C#CCOc1ccc(NC(=O)c2cc(C)ccc2C(=O)OI)cc1. The van der Waals surface area contributed by atoms with Crippen LogP contribution >= 0.6 is 23.0 Å². The van der Waals surface area contributed by atoms with Crippen LogP contribution in [0.25, 0.3) is 0 Å². The first-order valence-corrected chi connectivity index (χ1v) is 7.84. The Morgan fingerprint density at radius 3 is 2.50 bits per heavy atom. The van der Waals surface area contributed by atoms with Crippen molar-refractivity contribution in [1.29, 1.82) is 0 Å². The number of aryl methyl sites for hydroxylation is 1. The summed E-state index contributed by atoms with van der Waals surface area (Å²) in [5, 5.41) is 2.74. The molecule has 1 amide bonds. The maximum absolute atomic E-state index is 12.5. The Morgan fingerprint density at radius 1 is 1.17 bits per heavy atom. The quantitative estimate of drug-likeness (QED) is 0.574. The lowest BCUT2D eigenvalue weighted by Gasteiger charge is -2.10. The highest BCUT2D eigenvalue weighted by Gasteiger charge is 2.18. The summed E-state index contributed by atoms with van der Waals surface area (Å²) in [6.45, 7) is 2.02. The number of hydrogen-bond acceptors (Lipinski definition) is 4. The Kier molecular flexibility index (Phi) is 6.21. The van der Waals surface area contributed by atoms with Gasteiger partial charge in [-0.1, -0.05) is 17.6 Å². The number of amides is 1. The molecule has 0 aromatic heterocycles. The third-order valence-corrected chi connectivity index (χ3v) is 3.54. The summed E-state index contributed by atoms with van der Waals surface area (Å²) in [6, 6.07) is 11.7. The Balaban J connectivity index is 2.19. The third kappa shape index (κ3) is 4.49. The first kappa shape index (κ1) is 17.8. The number of nitrogens with one attached hydrogen (secondary N) is 1. The predicted octanol–water partition coefficient (Wildman–Crippen LogP) is 3.77. The molecular formula is C18H14INO4. The number of terminal acetylenes is 1. The number of ether oxygens (including phenoxy) is 1. The molecule has 0 bridgehead atoms. The molecule has 0 aliphatic carbocycles. The summed E-state index contributed by atoms with van der Waals surface area (Å²) in [7, 11) is 0. The Morgan fingerprint density at radius 2 is 1.88 bits per heavy atom. The number of benzene rings is 2. The van der Waals surface area contributed by atoms with Gasteiger partial charge in [0.2, 0.25) is 0 Å². The van der Waals surface area contributed by atoms with Crippen LogP contribution in [0, 0.1) is 19.3 Å². The number of hydrogen-bond donors (Lipinski definition) is 1. The molecule has 24 heavy (non-hydrogen) atoms. The van der Waals surface area contributed by atoms with Gasteiger partial charge in [0, 0.05) is 5.69 Å². The van der Waals surface area contributed by atoms with Gasteiger partial charge in [0.15, 0.2) is 23.0 Å². The second-order valence-corrected chi connectivity index (χ2v) is 5.33. The van der Waals surface area contributed by atoms with Gasteiger partial charge in [0.1, 0.15) is 12.4 Å². The van der Waals surface area contributed by atoms with E-state index in [1.165, 1.54) is 23.0 Å². The third-order valence-electron chi connectivity index (χ3n) is 3.14. The number of carbonyl (C=O) groups is 2. The van der Waals surface area contributed by atoms with E-state index in [4.69, 9.17) is 11.2 Å². The average molecular weight is 435 g/mol. The molecule has 0 heterocycles. The van der Waals surface area contributed by atoms with Crippen molar-refractivity contribution in [3.8, 4) is 18.1 Å². The van der Waals surface area contributed by atoms with Crippen LogP contribution in [0.2, 0.25) is 0 Å². The molecule has 122 valence electrons. The van der Waals surface area contributed by atoms with Gasteiger partial charge in [-0.2, -0.15) is 0 Å². The maximum atomic E-state index is 12.5. The summed E-state index contributed by atoms with van der Waals surface area (Å²) in [5.41, 5.74) is 1.90. The van der Waals surface area contributed by atoms with Crippen molar-refractivity contribution < 1.29 is 17.4 Å². The van der Waals surface area contributed by atoms with E-state index in [2.05, 4.69) is 14.3 Å². The molecular weight excluding hydrogens is 421 g/mol. The molecule has 0 aliphatic rings. The molecule has 0 atom stereocenters. The van der Waals surface area contributed by atoms with Crippen molar-refractivity contribution in [2.45, 2.75) is 6.92 Å². The maximum Gasteiger partial charge on any atom is 0.348 e. The van der Waals surface area contributed by atoms with Crippen LogP contribution in [0.4, 0.5) is 5.69 Å². The predicted molar refractivity (Wildman–Crippen MR) is 99.3 cm³/mol. The molecule has 0 saturated heterocycles. The van der Waals surface area contributed by atoms with E-state index in [0.29, 0.717) is 11.4 Å². The fraction of sp³-hybridized carbons (Fsp3) is 0.111. The lowest BCUT2D eigenvalue weighted by molar-refractivity contribution is 0.0794. The summed E-state index contributed by atoms with van der Waals surface area (Å²) in [5.74, 6) is 2.02. The van der Waals surface area contributed by atoms with E-state index in [1.54, 1.807) is 42.5 Å². The van der Waals surface area contributed by atoms with E-state index >= 15 is 0 Å². The standard InChI is InChI=1S/C18H14INO4/c1-3-10-23-14-7-5-13(6-8-14)20-17(21)16-11-12(2)4-9-15(16)18(22)24-19/h1,4-9,11H,10H2,2H3,(H,20,21). The fourth-order valence-corrected chi connectivity index (χ4v) is 2.26. The zero-order valence-corrected chi connectivity index (χ0v) is 15.0. The summed E-state index contributed by atoms with van der Waals surface area (Å²) >= 11 is 1.49. The van der Waals surface area contributed by atoms with Crippen LogP contribution in [0.1, 0.15) is 26.3 Å². The zero-order valence-electron chi connectivity index (χ0n) is 12.8. The first-order valence-electron chi connectivity index (χ1n) is 6.96. The molecule has 0 radical (unpaired) electrons. The molecule has 2 aromatic carbocycles. The molecule has 0 spiro atoms. The second kappa shape index (κ2) is 8.36. The minimum absolute atomic E-state index is 0.177.